The van der Waals surface area contributed by atoms with Gasteiger partial charge in [-0.2, -0.15) is 0 Å². The Bertz CT molecular complexity index is 419. The minimum absolute atomic E-state index is 0.245. The van der Waals surface area contributed by atoms with Crippen LogP contribution in [0.4, 0.5) is 5.69 Å². The van der Waals surface area contributed by atoms with Gasteiger partial charge >= 0.3 is 0 Å². The molecule has 1 saturated carbocycles. The van der Waals surface area contributed by atoms with Crippen molar-refractivity contribution < 1.29 is 0 Å². The number of rotatable bonds is 6. The minimum atomic E-state index is 0.245. The fourth-order valence-electron chi connectivity index (χ4n) is 3.55. The smallest absolute Gasteiger partial charge is 0.0409 e. The predicted molar refractivity (Wildman–Crippen MR) is 89.5 cm³/mol. The Kier molecular flexibility index (Phi) is 5.28. The van der Waals surface area contributed by atoms with Crippen LogP contribution in [0.15, 0.2) is 30.9 Å². The molecule has 1 fully saturated rings. The van der Waals surface area contributed by atoms with E-state index >= 15 is 0 Å². The van der Waals surface area contributed by atoms with Crippen LogP contribution in [0.1, 0.15) is 63.5 Å². The van der Waals surface area contributed by atoms with Crippen molar-refractivity contribution in [3.63, 3.8) is 0 Å². The highest BCUT2D eigenvalue weighted by molar-refractivity contribution is 5.59. The summed E-state index contributed by atoms with van der Waals surface area (Å²) < 4.78 is 0. The summed E-state index contributed by atoms with van der Waals surface area (Å²) in [5.74, 6) is 0. The van der Waals surface area contributed by atoms with Gasteiger partial charge in [-0.25, -0.2) is 0 Å². The molecule has 1 aromatic carbocycles. The van der Waals surface area contributed by atoms with Crippen molar-refractivity contribution >= 4 is 5.69 Å². The first kappa shape index (κ1) is 15.2. The largest absolute Gasteiger partial charge is 0.379 e. The topological polar surface area (TPSA) is 12.0 Å². The molecule has 20 heavy (non-hydrogen) atoms. The number of para-hydroxylation sites is 1. The summed E-state index contributed by atoms with van der Waals surface area (Å²) in [7, 11) is 0. The molecule has 0 amide bonds. The van der Waals surface area contributed by atoms with Gasteiger partial charge in [-0.05, 0) is 43.2 Å². The molecule has 110 valence electrons. The molecule has 1 aromatic rings. The maximum Gasteiger partial charge on any atom is 0.0409 e. The summed E-state index contributed by atoms with van der Waals surface area (Å²) in [6.07, 6.45) is 12.0. The van der Waals surface area contributed by atoms with Crippen LogP contribution in [0.2, 0.25) is 0 Å². The third kappa shape index (κ3) is 3.26. The van der Waals surface area contributed by atoms with Crippen molar-refractivity contribution in [2.45, 2.75) is 70.8 Å². The van der Waals surface area contributed by atoms with Gasteiger partial charge in [-0.1, -0.05) is 57.4 Å². The zero-order valence-electron chi connectivity index (χ0n) is 13.2. The van der Waals surface area contributed by atoms with E-state index in [0.717, 1.165) is 19.3 Å². The van der Waals surface area contributed by atoms with Gasteiger partial charge in [-0.3, -0.25) is 0 Å². The Morgan fingerprint density at radius 3 is 2.20 bits per heavy atom. The van der Waals surface area contributed by atoms with E-state index in [1.54, 1.807) is 0 Å². The number of nitrogens with one attached hydrogen (secondary N) is 1. The summed E-state index contributed by atoms with van der Waals surface area (Å²) in [6.45, 7) is 8.49. The van der Waals surface area contributed by atoms with Gasteiger partial charge in [0.1, 0.15) is 0 Å². The molecule has 0 spiro atoms. The summed E-state index contributed by atoms with van der Waals surface area (Å²) >= 11 is 0. The van der Waals surface area contributed by atoms with Crippen molar-refractivity contribution in [2.75, 3.05) is 5.32 Å². The standard InChI is InChI=1S/C19H29N/c1-4-13-19(14-8-7-9-15-19)20-18-16(5-2)11-10-12-17(18)6-3/h4,10-12,20H,1,5-9,13-15H2,2-3H3. The molecule has 0 atom stereocenters. The maximum absolute atomic E-state index is 3.99. The van der Waals surface area contributed by atoms with E-state index in [9.17, 15) is 0 Å². The van der Waals surface area contributed by atoms with Crippen LogP contribution in [0, 0.1) is 0 Å². The van der Waals surface area contributed by atoms with Gasteiger partial charge in [0, 0.05) is 11.2 Å². The molecule has 2 rings (SSSR count). The lowest BCUT2D eigenvalue weighted by atomic mass is 9.78. The molecule has 0 radical (unpaired) electrons. The van der Waals surface area contributed by atoms with Crippen LogP contribution in [0.5, 0.6) is 0 Å². The van der Waals surface area contributed by atoms with Gasteiger partial charge in [0.05, 0.1) is 0 Å². The first-order valence-corrected chi connectivity index (χ1v) is 8.24. The van der Waals surface area contributed by atoms with Crippen molar-refractivity contribution in [3.05, 3.63) is 42.0 Å². The van der Waals surface area contributed by atoms with E-state index in [0.29, 0.717) is 0 Å². The van der Waals surface area contributed by atoms with Crippen molar-refractivity contribution in [1.29, 1.82) is 0 Å². The summed E-state index contributed by atoms with van der Waals surface area (Å²) in [4.78, 5) is 0. The van der Waals surface area contributed by atoms with Crippen LogP contribution >= 0.6 is 0 Å². The summed E-state index contributed by atoms with van der Waals surface area (Å²) in [6, 6.07) is 6.74. The van der Waals surface area contributed by atoms with Gasteiger partial charge in [-0.15, -0.1) is 6.58 Å². The third-order valence-electron chi connectivity index (χ3n) is 4.73. The molecule has 0 aromatic heterocycles. The average molecular weight is 271 g/mol. The van der Waals surface area contributed by atoms with E-state index in [2.05, 4.69) is 50.0 Å². The Labute approximate surface area is 124 Å². The second-order valence-electron chi connectivity index (χ2n) is 6.12. The molecule has 1 aliphatic carbocycles. The fraction of sp³-hybridized carbons (Fsp3) is 0.579. The van der Waals surface area contributed by atoms with Crippen LogP contribution in [-0.4, -0.2) is 5.54 Å². The first-order valence-electron chi connectivity index (χ1n) is 8.24. The van der Waals surface area contributed by atoms with Crippen molar-refractivity contribution in [1.82, 2.24) is 0 Å². The highest BCUT2D eigenvalue weighted by atomic mass is 15.0. The summed E-state index contributed by atoms with van der Waals surface area (Å²) in [5.41, 5.74) is 4.56. The Hall–Kier alpha value is -1.24. The van der Waals surface area contributed by atoms with Gasteiger partial charge in [0.2, 0.25) is 0 Å². The molecule has 0 bridgehead atoms. The fourth-order valence-corrected chi connectivity index (χ4v) is 3.55. The summed E-state index contributed by atoms with van der Waals surface area (Å²) in [5, 5.41) is 3.96. The Balaban J connectivity index is 2.32. The van der Waals surface area contributed by atoms with Crippen molar-refractivity contribution in [2.24, 2.45) is 0 Å². The second kappa shape index (κ2) is 6.97. The molecule has 1 N–H and O–H groups in total. The molecular weight excluding hydrogens is 242 g/mol. The lowest BCUT2D eigenvalue weighted by molar-refractivity contribution is 0.325. The second-order valence-corrected chi connectivity index (χ2v) is 6.12. The van der Waals surface area contributed by atoms with Gasteiger partial charge < -0.3 is 5.32 Å². The Morgan fingerprint density at radius 2 is 1.70 bits per heavy atom. The molecule has 0 aliphatic heterocycles. The van der Waals surface area contributed by atoms with Crippen LogP contribution in [0.3, 0.4) is 0 Å². The maximum atomic E-state index is 3.99. The highest BCUT2D eigenvalue weighted by Crippen LogP contribution is 2.37. The predicted octanol–water partition coefficient (Wildman–Crippen LogP) is 5.50. The SMILES string of the molecule is C=CCC1(Nc2c(CC)cccc2CC)CCCCC1. The zero-order valence-corrected chi connectivity index (χ0v) is 13.2. The van der Waals surface area contributed by atoms with Crippen LogP contribution < -0.4 is 5.32 Å². The lowest BCUT2D eigenvalue weighted by Gasteiger charge is -2.39. The first-order chi connectivity index (χ1) is 9.74. The zero-order chi connectivity index (χ0) is 14.4. The van der Waals surface area contributed by atoms with E-state index in [1.807, 2.05) is 0 Å². The third-order valence-corrected chi connectivity index (χ3v) is 4.73. The normalized spacial score (nSPS) is 17.7. The van der Waals surface area contributed by atoms with Gasteiger partial charge in [0.15, 0.2) is 0 Å². The average Bonchev–Trinajstić information content (AvgIpc) is 2.48. The van der Waals surface area contributed by atoms with E-state index < -0.39 is 0 Å². The molecule has 0 heterocycles. The van der Waals surface area contributed by atoms with Crippen LogP contribution in [0.25, 0.3) is 0 Å². The number of aryl methyl sites for hydroxylation is 2. The minimum Gasteiger partial charge on any atom is -0.379 e. The molecule has 0 unspecified atom stereocenters. The van der Waals surface area contributed by atoms with Crippen molar-refractivity contribution in [3.8, 4) is 0 Å². The highest BCUT2D eigenvalue weighted by Gasteiger charge is 2.31. The molecule has 1 nitrogen and oxygen atoms in total. The number of hydrogen-bond acceptors (Lipinski definition) is 1. The lowest BCUT2D eigenvalue weighted by Crippen LogP contribution is -2.40. The number of hydrogen-bond donors (Lipinski definition) is 1. The number of anilines is 1. The molecule has 1 aliphatic rings. The Morgan fingerprint density at radius 1 is 1.10 bits per heavy atom. The van der Waals surface area contributed by atoms with Gasteiger partial charge in [0.25, 0.3) is 0 Å². The molecule has 1 heteroatoms. The van der Waals surface area contributed by atoms with E-state index in [-0.39, 0.29) is 5.54 Å². The number of benzene rings is 1. The molecule has 0 saturated heterocycles. The molecular formula is C19H29N. The van der Waals surface area contributed by atoms with E-state index in [1.165, 1.54) is 48.9 Å². The quantitative estimate of drug-likeness (QED) is 0.673. The van der Waals surface area contributed by atoms with E-state index in [4.69, 9.17) is 0 Å². The van der Waals surface area contributed by atoms with Crippen LogP contribution in [-0.2, 0) is 12.8 Å². The monoisotopic (exact) mass is 271 g/mol.